The van der Waals surface area contributed by atoms with Gasteiger partial charge >= 0.3 is 12.1 Å². The summed E-state index contributed by atoms with van der Waals surface area (Å²) in [5, 5.41) is 11.7. The molecule has 0 aliphatic carbocycles. The minimum absolute atomic E-state index is 0.351. The Morgan fingerprint density at radius 2 is 2.12 bits per heavy atom. The Morgan fingerprint density at radius 1 is 1.44 bits per heavy atom. The molecule has 0 amide bonds. The van der Waals surface area contributed by atoms with E-state index in [4.69, 9.17) is 5.11 Å². The number of fused-ring (bicyclic) bond motifs is 1. The van der Waals surface area contributed by atoms with Crippen molar-refractivity contribution in [1.29, 1.82) is 0 Å². The molecule has 1 N–H and O–H groups in total. The zero-order chi connectivity index (χ0) is 11.9. The van der Waals surface area contributed by atoms with Crippen molar-refractivity contribution in [3.05, 3.63) is 23.8 Å². The molecule has 0 fully saturated rings. The van der Waals surface area contributed by atoms with Gasteiger partial charge in [0.25, 0.3) is 11.6 Å². The van der Waals surface area contributed by atoms with E-state index >= 15 is 0 Å². The lowest BCUT2D eigenvalue weighted by molar-refractivity contribution is -0.142. The number of rotatable bonds is 1. The summed E-state index contributed by atoms with van der Waals surface area (Å²) in [7, 11) is 0. The van der Waals surface area contributed by atoms with Crippen molar-refractivity contribution in [1.82, 2.24) is 19.6 Å². The molecule has 9 heteroatoms. The van der Waals surface area contributed by atoms with Gasteiger partial charge in [-0.25, -0.2) is 9.78 Å². The van der Waals surface area contributed by atoms with Crippen molar-refractivity contribution in [2.45, 2.75) is 6.18 Å². The van der Waals surface area contributed by atoms with Crippen molar-refractivity contribution in [2.75, 3.05) is 0 Å². The van der Waals surface area contributed by atoms with Crippen LogP contribution in [0.3, 0.4) is 0 Å². The Kier molecular flexibility index (Phi) is 2.04. The lowest BCUT2D eigenvalue weighted by Crippen LogP contribution is -2.13. The Morgan fingerprint density at radius 3 is 2.69 bits per heavy atom. The first-order valence-corrected chi connectivity index (χ1v) is 3.92. The van der Waals surface area contributed by atoms with Crippen molar-refractivity contribution in [3.8, 4) is 0 Å². The summed E-state index contributed by atoms with van der Waals surface area (Å²) in [6.07, 6.45) is -3.76. The van der Waals surface area contributed by atoms with Gasteiger partial charge in [-0.3, -0.25) is 0 Å². The summed E-state index contributed by atoms with van der Waals surface area (Å²) in [6, 6.07) is 0.688. The molecular weight excluding hydrogens is 229 g/mol. The zero-order valence-electron chi connectivity index (χ0n) is 7.43. The van der Waals surface area contributed by atoms with Crippen molar-refractivity contribution >= 4 is 11.7 Å². The second-order valence-electron chi connectivity index (χ2n) is 2.78. The lowest BCUT2D eigenvalue weighted by atomic mass is 10.4. The van der Waals surface area contributed by atoms with Crippen LogP contribution in [0.5, 0.6) is 0 Å². The molecule has 2 heterocycles. The first-order valence-electron chi connectivity index (χ1n) is 3.92. The van der Waals surface area contributed by atoms with E-state index in [2.05, 4.69) is 15.1 Å². The Bertz CT molecular complexity index is 562. The fourth-order valence-electron chi connectivity index (χ4n) is 1.10. The molecule has 0 aromatic carbocycles. The SMILES string of the molecule is O=C(O)c1nc2nccc(C(F)(F)F)n2n1. The van der Waals surface area contributed by atoms with Gasteiger partial charge in [-0.15, -0.1) is 5.10 Å². The number of carboxylic acid groups (broad SMARTS) is 1. The Hall–Kier alpha value is -2.19. The third-order valence-electron chi connectivity index (χ3n) is 1.72. The van der Waals surface area contributed by atoms with Crippen LogP contribution in [-0.2, 0) is 6.18 Å². The van der Waals surface area contributed by atoms with Crippen LogP contribution in [0.15, 0.2) is 12.3 Å². The van der Waals surface area contributed by atoms with Crippen molar-refractivity contribution in [3.63, 3.8) is 0 Å². The van der Waals surface area contributed by atoms with Crippen LogP contribution in [-0.4, -0.2) is 30.7 Å². The molecule has 2 rings (SSSR count). The minimum atomic E-state index is -4.65. The van der Waals surface area contributed by atoms with E-state index in [1.165, 1.54) is 0 Å². The quantitative estimate of drug-likeness (QED) is 0.787. The van der Waals surface area contributed by atoms with Gasteiger partial charge in [0.05, 0.1) is 0 Å². The molecule has 16 heavy (non-hydrogen) atoms. The number of alkyl halides is 3. The zero-order valence-corrected chi connectivity index (χ0v) is 7.43. The summed E-state index contributed by atoms with van der Waals surface area (Å²) < 4.78 is 37.7. The van der Waals surface area contributed by atoms with Crippen LogP contribution < -0.4 is 0 Å². The number of aromatic carboxylic acids is 1. The molecule has 2 aromatic rings. The van der Waals surface area contributed by atoms with Gasteiger partial charge in [0.1, 0.15) is 0 Å². The average molecular weight is 232 g/mol. The highest BCUT2D eigenvalue weighted by Gasteiger charge is 2.34. The Balaban J connectivity index is 2.73. The highest BCUT2D eigenvalue weighted by Crippen LogP contribution is 2.28. The van der Waals surface area contributed by atoms with Crippen molar-refractivity contribution < 1.29 is 23.1 Å². The fourth-order valence-corrected chi connectivity index (χ4v) is 1.10. The standard InChI is InChI=1S/C7H3F3N4O2/c8-7(9,10)3-1-2-11-6-12-4(5(15)16)13-14(3)6/h1-2H,(H,15,16). The largest absolute Gasteiger partial charge is 0.475 e. The Labute approximate surface area is 85.4 Å². The summed E-state index contributed by atoms with van der Waals surface area (Å²) in [6.45, 7) is 0. The van der Waals surface area contributed by atoms with Crippen LogP contribution in [0, 0.1) is 0 Å². The smallest absolute Gasteiger partial charge is 0.433 e. The number of carbonyl (C=O) groups is 1. The summed E-state index contributed by atoms with van der Waals surface area (Å²) in [5.74, 6) is -2.66. The number of halogens is 3. The molecule has 0 unspecified atom stereocenters. The van der Waals surface area contributed by atoms with Gasteiger partial charge in [0, 0.05) is 6.20 Å². The van der Waals surface area contributed by atoms with Gasteiger partial charge in [0.2, 0.25) is 0 Å². The normalized spacial score (nSPS) is 11.9. The molecular formula is C7H3F3N4O2. The minimum Gasteiger partial charge on any atom is -0.475 e. The molecule has 0 spiro atoms. The second-order valence-corrected chi connectivity index (χ2v) is 2.78. The molecule has 0 aliphatic heterocycles. The lowest BCUT2D eigenvalue weighted by Gasteiger charge is -2.06. The highest BCUT2D eigenvalue weighted by atomic mass is 19.4. The van der Waals surface area contributed by atoms with E-state index in [-0.39, 0.29) is 0 Å². The van der Waals surface area contributed by atoms with E-state index in [9.17, 15) is 18.0 Å². The molecule has 2 aromatic heterocycles. The van der Waals surface area contributed by atoms with Gasteiger partial charge in [0.15, 0.2) is 5.69 Å². The third-order valence-corrected chi connectivity index (χ3v) is 1.72. The van der Waals surface area contributed by atoms with Gasteiger partial charge in [-0.2, -0.15) is 22.7 Å². The van der Waals surface area contributed by atoms with Crippen LogP contribution in [0.1, 0.15) is 16.3 Å². The number of hydrogen-bond acceptors (Lipinski definition) is 4. The fraction of sp³-hybridized carbons (Fsp3) is 0.143. The molecule has 0 bridgehead atoms. The summed E-state index contributed by atoms with van der Waals surface area (Å²) >= 11 is 0. The van der Waals surface area contributed by atoms with Gasteiger partial charge < -0.3 is 5.11 Å². The van der Waals surface area contributed by atoms with Crippen LogP contribution >= 0.6 is 0 Å². The first-order chi connectivity index (χ1) is 7.39. The number of hydrogen-bond donors (Lipinski definition) is 1. The maximum atomic E-state index is 12.5. The topological polar surface area (TPSA) is 80.4 Å². The third kappa shape index (κ3) is 1.55. The molecule has 0 radical (unpaired) electrons. The highest BCUT2D eigenvalue weighted by molar-refractivity contribution is 5.83. The predicted molar refractivity (Wildman–Crippen MR) is 42.7 cm³/mol. The van der Waals surface area contributed by atoms with Gasteiger partial charge in [-0.1, -0.05) is 0 Å². The van der Waals surface area contributed by atoms with Gasteiger partial charge in [-0.05, 0) is 6.07 Å². The monoisotopic (exact) mass is 232 g/mol. The van der Waals surface area contributed by atoms with E-state index in [0.29, 0.717) is 10.6 Å². The summed E-state index contributed by atoms with van der Waals surface area (Å²) in [5.41, 5.74) is -1.13. The molecule has 0 aliphatic rings. The molecule has 0 saturated heterocycles. The average Bonchev–Trinajstić information content (AvgIpc) is 2.58. The molecule has 84 valence electrons. The maximum absolute atomic E-state index is 12.5. The number of nitrogens with zero attached hydrogens (tertiary/aromatic N) is 4. The molecule has 6 nitrogen and oxygen atoms in total. The van der Waals surface area contributed by atoms with Crippen LogP contribution in [0.4, 0.5) is 13.2 Å². The van der Waals surface area contributed by atoms with Crippen LogP contribution in [0.25, 0.3) is 5.78 Å². The van der Waals surface area contributed by atoms with E-state index in [0.717, 1.165) is 6.20 Å². The summed E-state index contributed by atoms with van der Waals surface area (Å²) in [4.78, 5) is 17.3. The second kappa shape index (κ2) is 3.15. The van der Waals surface area contributed by atoms with E-state index < -0.39 is 29.4 Å². The predicted octanol–water partition coefficient (Wildman–Crippen LogP) is 0.841. The van der Waals surface area contributed by atoms with Crippen molar-refractivity contribution in [2.24, 2.45) is 0 Å². The number of carboxylic acids is 1. The number of aromatic nitrogens is 4. The van der Waals surface area contributed by atoms with Crippen LogP contribution in [0.2, 0.25) is 0 Å². The molecule has 0 saturated carbocycles. The first kappa shape index (κ1) is 10.3. The maximum Gasteiger partial charge on any atom is 0.433 e. The van der Waals surface area contributed by atoms with E-state index in [1.807, 2.05) is 0 Å². The molecule has 0 atom stereocenters. The van der Waals surface area contributed by atoms with E-state index in [1.54, 1.807) is 0 Å².